The zero-order valence-corrected chi connectivity index (χ0v) is 12.0. The number of hydrogen-bond donors (Lipinski definition) is 1. The van der Waals surface area contributed by atoms with E-state index >= 15 is 0 Å². The van der Waals surface area contributed by atoms with E-state index in [1.807, 2.05) is 6.92 Å². The van der Waals surface area contributed by atoms with E-state index in [1.165, 1.54) is 32.1 Å². The van der Waals surface area contributed by atoms with E-state index in [4.69, 9.17) is 4.74 Å². The van der Waals surface area contributed by atoms with Gasteiger partial charge in [0.15, 0.2) is 5.17 Å². The maximum absolute atomic E-state index is 11.5. The van der Waals surface area contributed by atoms with Crippen LogP contribution >= 0.6 is 11.8 Å². The Morgan fingerprint density at radius 2 is 2.22 bits per heavy atom. The molecular weight excluding hydrogens is 248 g/mol. The summed E-state index contributed by atoms with van der Waals surface area (Å²) in [5.41, 5.74) is 0.246. The number of hydrogen-bond acceptors (Lipinski definition) is 4. The fraction of sp³-hybridized carbons (Fsp3) is 0.846. The Bertz CT molecular complexity index is 338. The van der Waals surface area contributed by atoms with Crippen LogP contribution in [-0.4, -0.2) is 35.1 Å². The second kappa shape index (κ2) is 5.95. The minimum Gasteiger partial charge on any atom is -0.464 e. The molecule has 2 fully saturated rings. The number of amidine groups is 1. The molecule has 102 valence electrons. The summed E-state index contributed by atoms with van der Waals surface area (Å²) >= 11 is 1.74. The molecule has 2 rings (SSSR count). The second-order valence-corrected chi connectivity index (χ2v) is 6.08. The first-order valence-electron chi connectivity index (χ1n) is 6.81. The Morgan fingerprint density at radius 3 is 2.89 bits per heavy atom. The summed E-state index contributed by atoms with van der Waals surface area (Å²) in [4.78, 5) is 16.0. The molecule has 18 heavy (non-hydrogen) atoms. The van der Waals surface area contributed by atoms with Gasteiger partial charge in [-0.3, -0.25) is 0 Å². The summed E-state index contributed by atoms with van der Waals surface area (Å²) < 4.78 is 4.97. The van der Waals surface area contributed by atoms with Crippen molar-refractivity contribution in [3.05, 3.63) is 0 Å². The molecule has 1 atom stereocenters. The highest BCUT2D eigenvalue weighted by Gasteiger charge is 2.38. The monoisotopic (exact) mass is 270 g/mol. The average Bonchev–Trinajstić information content (AvgIpc) is 2.73. The van der Waals surface area contributed by atoms with Crippen molar-refractivity contribution in [3.63, 3.8) is 0 Å². The number of carbonyl (C=O) groups is 1. The molecular formula is C13H22N2O2S. The van der Waals surface area contributed by atoms with Gasteiger partial charge in [-0.1, -0.05) is 31.0 Å². The molecule has 0 bridgehead atoms. The number of ether oxygens (including phenoxy) is 1. The van der Waals surface area contributed by atoms with E-state index in [-0.39, 0.29) is 11.5 Å². The zero-order valence-electron chi connectivity index (χ0n) is 11.2. The molecule has 0 aromatic rings. The van der Waals surface area contributed by atoms with Crippen molar-refractivity contribution in [2.24, 2.45) is 4.99 Å². The van der Waals surface area contributed by atoms with Crippen LogP contribution in [0.25, 0.3) is 0 Å². The van der Waals surface area contributed by atoms with E-state index in [0.717, 1.165) is 10.9 Å². The molecule has 4 nitrogen and oxygen atoms in total. The first kappa shape index (κ1) is 13.7. The number of thioether (sulfide) groups is 1. The smallest absolute Gasteiger partial charge is 0.330 e. The molecule has 2 aliphatic rings. The van der Waals surface area contributed by atoms with Crippen LogP contribution in [-0.2, 0) is 9.53 Å². The Balaban J connectivity index is 1.93. The fourth-order valence-electron chi connectivity index (χ4n) is 2.56. The largest absolute Gasteiger partial charge is 0.464 e. The van der Waals surface area contributed by atoms with Crippen molar-refractivity contribution in [1.82, 2.24) is 5.32 Å². The molecule has 0 aromatic heterocycles. The summed E-state index contributed by atoms with van der Waals surface area (Å²) in [5.74, 6) is 0.846. The number of nitrogens with one attached hydrogen (secondary N) is 1. The predicted octanol–water partition coefficient (Wildman–Crippen LogP) is 2.33. The van der Waals surface area contributed by atoms with Crippen molar-refractivity contribution in [3.8, 4) is 0 Å². The quantitative estimate of drug-likeness (QED) is 0.800. The van der Waals surface area contributed by atoms with Crippen LogP contribution in [0.5, 0.6) is 0 Å². The number of carbonyl (C=O) groups excluding carboxylic acids is 1. The van der Waals surface area contributed by atoms with Crippen LogP contribution in [0.3, 0.4) is 0 Å². The van der Waals surface area contributed by atoms with Crippen LogP contribution < -0.4 is 5.32 Å². The highest BCUT2D eigenvalue weighted by Crippen LogP contribution is 2.36. The van der Waals surface area contributed by atoms with Crippen molar-refractivity contribution in [2.45, 2.75) is 57.5 Å². The molecule has 1 saturated heterocycles. The topological polar surface area (TPSA) is 50.7 Å². The van der Waals surface area contributed by atoms with Gasteiger partial charge in [-0.2, -0.15) is 0 Å². The van der Waals surface area contributed by atoms with E-state index in [9.17, 15) is 4.79 Å². The summed E-state index contributed by atoms with van der Waals surface area (Å²) in [7, 11) is 0. The van der Waals surface area contributed by atoms with Gasteiger partial charge >= 0.3 is 5.97 Å². The normalized spacial score (nSPS) is 26.0. The number of rotatable bonds is 3. The van der Waals surface area contributed by atoms with Gasteiger partial charge in [0.2, 0.25) is 0 Å². The minimum absolute atomic E-state index is 0.239. The third-order valence-electron chi connectivity index (χ3n) is 3.61. The molecule has 1 aliphatic carbocycles. The first-order chi connectivity index (χ1) is 8.65. The number of aliphatic imine (C=N–C) groups is 1. The Kier molecular flexibility index (Phi) is 4.54. The predicted molar refractivity (Wildman–Crippen MR) is 74.9 cm³/mol. The van der Waals surface area contributed by atoms with Gasteiger partial charge in [-0.25, -0.2) is 9.79 Å². The maximum atomic E-state index is 11.5. The SMILES string of the molecule is CCOC(=O)C(C)N=C1NC2(CCCCC2)CS1. The molecule has 0 radical (unpaired) electrons. The van der Waals surface area contributed by atoms with Crippen molar-refractivity contribution in [1.29, 1.82) is 0 Å². The van der Waals surface area contributed by atoms with Crippen LogP contribution in [0, 0.1) is 0 Å². The van der Waals surface area contributed by atoms with Gasteiger partial charge in [0.1, 0.15) is 6.04 Å². The first-order valence-corrected chi connectivity index (χ1v) is 7.79. The minimum atomic E-state index is -0.404. The third-order valence-corrected chi connectivity index (χ3v) is 4.78. The van der Waals surface area contributed by atoms with Gasteiger partial charge in [0, 0.05) is 11.3 Å². The van der Waals surface area contributed by atoms with Gasteiger partial charge in [-0.15, -0.1) is 0 Å². The van der Waals surface area contributed by atoms with E-state index in [1.54, 1.807) is 18.7 Å². The molecule has 1 spiro atoms. The van der Waals surface area contributed by atoms with Crippen LogP contribution in [0.1, 0.15) is 46.0 Å². The molecule has 1 N–H and O–H groups in total. The molecule has 1 heterocycles. The second-order valence-electron chi connectivity index (χ2n) is 5.12. The third kappa shape index (κ3) is 3.19. The molecule has 1 aliphatic heterocycles. The zero-order chi connectivity index (χ0) is 13.0. The number of esters is 1. The Labute approximate surface area is 113 Å². The van der Waals surface area contributed by atoms with Crippen LogP contribution in [0.4, 0.5) is 0 Å². The summed E-state index contributed by atoms with van der Waals surface area (Å²) in [6.07, 6.45) is 6.40. The molecule has 5 heteroatoms. The lowest BCUT2D eigenvalue weighted by atomic mass is 9.83. The lowest BCUT2D eigenvalue weighted by molar-refractivity contribution is -0.144. The molecule has 0 aromatic carbocycles. The molecule has 1 unspecified atom stereocenters. The molecule has 1 saturated carbocycles. The lowest BCUT2D eigenvalue weighted by Crippen LogP contribution is -2.45. The van der Waals surface area contributed by atoms with Gasteiger partial charge in [-0.05, 0) is 26.7 Å². The number of nitrogens with zero attached hydrogens (tertiary/aromatic N) is 1. The highest BCUT2D eigenvalue weighted by atomic mass is 32.2. The average molecular weight is 270 g/mol. The van der Waals surface area contributed by atoms with Gasteiger partial charge in [0.25, 0.3) is 0 Å². The Morgan fingerprint density at radius 1 is 1.50 bits per heavy atom. The Hall–Kier alpha value is -0.710. The van der Waals surface area contributed by atoms with Crippen LogP contribution in [0.2, 0.25) is 0 Å². The highest BCUT2D eigenvalue weighted by molar-refractivity contribution is 8.14. The van der Waals surface area contributed by atoms with Crippen molar-refractivity contribution < 1.29 is 9.53 Å². The molecule has 0 amide bonds. The van der Waals surface area contributed by atoms with Gasteiger partial charge < -0.3 is 10.1 Å². The van der Waals surface area contributed by atoms with Crippen molar-refractivity contribution in [2.75, 3.05) is 12.4 Å². The lowest BCUT2D eigenvalue weighted by Gasteiger charge is -2.32. The summed E-state index contributed by atoms with van der Waals surface area (Å²) in [6.45, 7) is 4.02. The van der Waals surface area contributed by atoms with Gasteiger partial charge in [0.05, 0.1) is 6.61 Å². The van der Waals surface area contributed by atoms with Crippen LogP contribution in [0.15, 0.2) is 4.99 Å². The van der Waals surface area contributed by atoms with E-state index in [2.05, 4.69) is 10.3 Å². The summed E-state index contributed by atoms with van der Waals surface area (Å²) in [5, 5.41) is 4.45. The van der Waals surface area contributed by atoms with Crippen molar-refractivity contribution >= 4 is 22.9 Å². The maximum Gasteiger partial charge on any atom is 0.330 e. The van der Waals surface area contributed by atoms with E-state index in [0.29, 0.717) is 6.61 Å². The standard InChI is InChI=1S/C13H22N2O2S/c1-3-17-11(16)10(2)14-12-15-13(9-18-12)7-5-4-6-8-13/h10H,3-9H2,1-2H3,(H,14,15). The summed E-state index contributed by atoms with van der Waals surface area (Å²) in [6, 6.07) is -0.404. The fourth-order valence-corrected chi connectivity index (χ4v) is 3.86. The van der Waals surface area contributed by atoms with E-state index < -0.39 is 6.04 Å².